The molecule has 28 heavy (non-hydrogen) atoms. The van der Waals surface area contributed by atoms with Crippen LogP contribution in [0.15, 0.2) is 24.3 Å². The predicted molar refractivity (Wildman–Crippen MR) is 118 cm³/mol. The van der Waals surface area contributed by atoms with Gasteiger partial charge in [-0.15, -0.1) is 0 Å². The molecule has 4 heteroatoms. The summed E-state index contributed by atoms with van der Waals surface area (Å²) in [6, 6.07) is 8.55. The lowest BCUT2D eigenvalue weighted by molar-refractivity contribution is -0.138. The molecule has 2 aliphatic rings. The highest BCUT2D eigenvalue weighted by atomic mass is 16.2. The topological polar surface area (TPSA) is 44.4 Å². The van der Waals surface area contributed by atoms with Crippen molar-refractivity contribution in [2.24, 2.45) is 17.8 Å². The molecule has 3 rings (SSSR count). The molecule has 1 aromatic carbocycles. The van der Waals surface area contributed by atoms with E-state index in [1.807, 2.05) is 0 Å². The van der Waals surface area contributed by atoms with E-state index in [9.17, 15) is 4.79 Å². The number of nitrogens with one attached hydrogen (secondary N) is 2. The fourth-order valence-electron chi connectivity index (χ4n) is 4.84. The molecule has 0 saturated carbocycles. The summed E-state index contributed by atoms with van der Waals surface area (Å²) in [4.78, 5) is 15.9. The second-order valence-electron chi connectivity index (χ2n) is 9.59. The van der Waals surface area contributed by atoms with Gasteiger partial charge in [-0.3, -0.25) is 4.79 Å². The van der Waals surface area contributed by atoms with E-state index in [1.165, 1.54) is 5.56 Å². The number of amides is 1. The zero-order valence-corrected chi connectivity index (χ0v) is 18.3. The molecule has 0 spiro atoms. The van der Waals surface area contributed by atoms with Crippen molar-refractivity contribution in [1.82, 2.24) is 10.2 Å². The lowest BCUT2D eigenvalue weighted by Gasteiger charge is -2.44. The molecule has 2 saturated heterocycles. The number of carbonyl (C=O) groups excluding carboxylic acids is 1. The van der Waals surface area contributed by atoms with Gasteiger partial charge in [-0.25, -0.2) is 0 Å². The third kappa shape index (κ3) is 4.89. The van der Waals surface area contributed by atoms with Crippen molar-refractivity contribution in [3.63, 3.8) is 0 Å². The van der Waals surface area contributed by atoms with Crippen molar-refractivity contribution in [3.05, 3.63) is 29.8 Å². The zero-order valence-electron chi connectivity index (χ0n) is 18.3. The second kappa shape index (κ2) is 9.30. The van der Waals surface area contributed by atoms with Gasteiger partial charge in [-0.05, 0) is 74.6 Å². The van der Waals surface area contributed by atoms with Crippen LogP contribution in [0.1, 0.15) is 58.9 Å². The van der Waals surface area contributed by atoms with Gasteiger partial charge in [0.15, 0.2) is 0 Å². The van der Waals surface area contributed by atoms with E-state index in [4.69, 9.17) is 0 Å². The highest BCUT2D eigenvalue weighted by Crippen LogP contribution is 2.32. The van der Waals surface area contributed by atoms with Crippen LogP contribution in [0.25, 0.3) is 0 Å². The maximum Gasteiger partial charge on any atom is 0.248 e. The molecule has 2 fully saturated rings. The van der Waals surface area contributed by atoms with E-state index >= 15 is 0 Å². The summed E-state index contributed by atoms with van der Waals surface area (Å²) in [5.41, 5.74) is 1.99. The van der Waals surface area contributed by atoms with Crippen LogP contribution in [0.3, 0.4) is 0 Å². The van der Waals surface area contributed by atoms with Gasteiger partial charge in [0, 0.05) is 18.8 Å². The largest absolute Gasteiger partial charge is 0.371 e. The van der Waals surface area contributed by atoms with E-state index in [0.29, 0.717) is 17.7 Å². The Hall–Kier alpha value is -1.55. The third-order valence-corrected chi connectivity index (χ3v) is 6.66. The minimum Gasteiger partial charge on any atom is -0.371 e. The Morgan fingerprint density at radius 1 is 1.14 bits per heavy atom. The maximum atomic E-state index is 13.7. The SMILES string of the molecule is CC(C)Cc1ccccc1NC1(C(=O)N2CCC(C(C)C)CC2)CCNCC1. The van der Waals surface area contributed by atoms with Gasteiger partial charge >= 0.3 is 0 Å². The first-order valence-electron chi connectivity index (χ1n) is 11.3. The molecule has 4 nitrogen and oxygen atoms in total. The molecule has 2 aliphatic heterocycles. The third-order valence-electron chi connectivity index (χ3n) is 6.66. The number of para-hydroxylation sites is 1. The van der Waals surface area contributed by atoms with E-state index in [1.54, 1.807) is 0 Å². The van der Waals surface area contributed by atoms with E-state index in [0.717, 1.165) is 69.9 Å². The summed E-state index contributed by atoms with van der Waals surface area (Å²) in [6.45, 7) is 12.7. The van der Waals surface area contributed by atoms with Gasteiger partial charge in [0.1, 0.15) is 5.54 Å². The lowest BCUT2D eigenvalue weighted by atomic mass is 9.83. The molecule has 0 atom stereocenters. The highest BCUT2D eigenvalue weighted by Gasteiger charge is 2.43. The molecule has 0 aromatic heterocycles. The van der Waals surface area contributed by atoms with Crippen molar-refractivity contribution in [2.45, 2.75) is 65.3 Å². The van der Waals surface area contributed by atoms with Gasteiger partial charge < -0.3 is 15.5 Å². The van der Waals surface area contributed by atoms with Crippen LogP contribution in [-0.2, 0) is 11.2 Å². The molecule has 0 radical (unpaired) electrons. The van der Waals surface area contributed by atoms with Crippen LogP contribution in [0.5, 0.6) is 0 Å². The minimum absolute atomic E-state index is 0.315. The number of likely N-dealkylation sites (tertiary alicyclic amines) is 1. The Morgan fingerprint density at radius 3 is 2.39 bits per heavy atom. The summed E-state index contributed by atoms with van der Waals surface area (Å²) in [5, 5.41) is 7.21. The number of nitrogens with zero attached hydrogens (tertiary/aromatic N) is 1. The Bertz CT molecular complexity index is 641. The molecular formula is C24H39N3O. The van der Waals surface area contributed by atoms with E-state index < -0.39 is 5.54 Å². The first-order valence-corrected chi connectivity index (χ1v) is 11.3. The molecule has 0 aliphatic carbocycles. The van der Waals surface area contributed by atoms with Gasteiger partial charge in [0.25, 0.3) is 0 Å². The normalized spacial score (nSPS) is 20.6. The fourth-order valence-corrected chi connectivity index (χ4v) is 4.84. The molecule has 0 bridgehead atoms. The Labute approximate surface area is 171 Å². The molecule has 0 unspecified atom stereocenters. The van der Waals surface area contributed by atoms with E-state index in [2.05, 4.69) is 67.5 Å². The minimum atomic E-state index is -0.469. The van der Waals surface area contributed by atoms with Crippen LogP contribution in [0, 0.1) is 17.8 Å². The van der Waals surface area contributed by atoms with Gasteiger partial charge in [-0.1, -0.05) is 45.9 Å². The van der Waals surface area contributed by atoms with Crippen molar-refractivity contribution in [2.75, 3.05) is 31.5 Å². The summed E-state index contributed by atoms with van der Waals surface area (Å²) < 4.78 is 0. The number of rotatable bonds is 6. The number of piperidine rings is 2. The number of benzene rings is 1. The predicted octanol–water partition coefficient (Wildman–Crippen LogP) is 4.31. The number of hydrogen-bond donors (Lipinski definition) is 2. The van der Waals surface area contributed by atoms with Gasteiger partial charge in [0.2, 0.25) is 5.91 Å². The van der Waals surface area contributed by atoms with Crippen LogP contribution >= 0.6 is 0 Å². The Kier molecular flexibility index (Phi) is 7.03. The van der Waals surface area contributed by atoms with E-state index in [-0.39, 0.29) is 0 Å². The Balaban J connectivity index is 1.79. The summed E-state index contributed by atoms with van der Waals surface area (Å²) in [6.07, 6.45) is 5.02. The van der Waals surface area contributed by atoms with Crippen molar-refractivity contribution < 1.29 is 4.79 Å². The van der Waals surface area contributed by atoms with Crippen LogP contribution in [0.2, 0.25) is 0 Å². The molecule has 2 heterocycles. The van der Waals surface area contributed by atoms with Crippen molar-refractivity contribution in [1.29, 1.82) is 0 Å². The quantitative estimate of drug-likeness (QED) is 0.767. The smallest absolute Gasteiger partial charge is 0.248 e. The lowest BCUT2D eigenvalue weighted by Crippen LogP contribution is -2.60. The van der Waals surface area contributed by atoms with Gasteiger partial charge in [0.05, 0.1) is 0 Å². The zero-order chi connectivity index (χ0) is 20.1. The monoisotopic (exact) mass is 385 g/mol. The molecule has 2 N–H and O–H groups in total. The van der Waals surface area contributed by atoms with Gasteiger partial charge in [-0.2, -0.15) is 0 Å². The standard InChI is InChI=1S/C24H39N3O/c1-18(2)17-21-7-5-6-8-22(21)26-24(11-13-25-14-12-24)23(28)27-15-9-20(10-16-27)19(3)4/h5-8,18-20,25-26H,9-17H2,1-4H3. The number of anilines is 1. The maximum absolute atomic E-state index is 13.7. The number of carbonyl (C=O) groups is 1. The van der Waals surface area contributed by atoms with Crippen LogP contribution in [0.4, 0.5) is 5.69 Å². The summed E-state index contributed by atoms with van der Waals surface area (Å²) in [5.74, 6) is 2.38. The van der Waals surface area contributed by atoms with Crippen molar-refractivity contribution in [3.8, 4) is 0 Å². The first-order chi connectivity index (χ1) is 13.4. The molecule has 1 aromatic rings. The highest BCUT2D eigenvalue weighted by molar-refractivity contribution is 5.90. The average molecular weight is 386 g/mol. The van der Waals surface area contributed by atoms with Crippen molar-refractivity contribution >= 4 is 11.6 Å². The number of hydrogen-bond acceptors (Lipinski definition) is 3. The molecule has 156 valence electrons. The summed E-state index contributed by atoms with van der Waals surface area (Å²) >= 11 is 0. The molecular weight excluding hydrogens is 346 g/mol. The van der Waals surface area contributed by atoms with Crippen LogP contribution < -0.4 is 10.6 Å². The van der Waals surface area contributed by atoms with Crippen LogP contribution in [-0.4, -0.2) is 42.5 Å². The Morgan fingerprint density at radius 2 is 1.79 bits per heavy atom. The summed E-state index contributed by atoms with van der Waals surface area (Å²) in [7, 11) is 0. The second-order valence-corrected chi connectivity index (χ2v) is 9.59. The fraction of sp³-hybridized carbons (Fsp3) is 0.708. The molecule has 1 amide bonds. The average Bonchev–Trinajstić information content (AvgIpc) is 2.69. The first kappa shape index (κ1) is 21.2.